The van der Waals surface area contributed by atoms with Crippen LogP contribution in [0.25, 0.3) is 10.9 Å². The van der Waals surface area contributed by atoms with Crippen LogP contribution in [-0.2, 0) is 16.6 Å². The van der Waals surface area contributed by atoms with Gasteiger partial charge >= 0.3 is 0 Å². The predicted molar refractivity (Wildman–Crippen MR) is 195 cm³/mol. The van der Waals surface area contributed by atoms with Crippen molar-refractivity contribution in [2.45, 2.75) is 112 Å². The smallest absolute Gasteiger partial charge is 0.226 e. The summed E-state index contributed by atoms with van der Waals surface area (Å²) in [5.41, 5.74) is 6.41. The molecule has 0 unspecified atom stereocenters. The van der Waals surface area contributed by atoms with Crippen LogP contribution in [0.3, 0.4) is 0 Å². The van der Waals surface area contributed by atoms with Crippen molar-refractivity contribution in [1.82, 2.24) is 15.2 Å². The number of H-pyrrole nitrogens is 1. The highest BCUT2D eigenvalue weighted by molar-refractivity contribution is 9.10. The largest absolute Gasteiger partial charge is 0.358 e. The zero-order valence-electron chi connectivity index (χ0n) is 30.2. The Morgan fingerprint density at radius 2 is 1.78 bits per heavy atom. The zero-order valence-corrected chi connectivity index (χ0v) is 31.8. The molecular weight excluding hydrogens is 630 g/mol. The van der Waals surface area contributed by atoms with E-state index in [0.717, 1.165) is 51.6 Å². The summed E-state index contributed by atoms with van der Waals surface area (Å²) >= 11 is 3.79. The van der Waals surface area contributed by atoms with E-state index in [2.05, 4.69) is 118 Å². The molecule has 0 aliphatic heterocycles. The Bertz CT molecular complexity index is 1570. The predicted octanol–water partition coefficient (Wildman–Crippen LogP) is 9.67. The number of benzene rings is 1. The van der Waals surface area contributed by atoms with Crippen molar-refractivity contribution in [2.75, 3.05) is 27.2 Å². The highest BCUT2D eigenvalue weighted by Crippen LogP contribution is 2.75. The number of carbonyl (C=O) groups is 1. The van der Waals surface area contributed by atoms with Gasteiger partial charge in [0.25, 0.3) is 0 Å². The lowest BCUT2D eigenvalue weighted by molar-refractivity contribution is -0.169. The molecule has 1 aromatic heterocycles. The Morgan fingerprint density at radius 1 is 1.02 bits per heavy atom. The van der Waals surface area contributed by atoms with Gasteiger partial charge in [0.2, 0.25) is 5.91 Å². The number of hydrogen-bond acceptors (Lipinski definition) is 2. The molecule has 1 aromatic carbocycles. The van der Waals surface area contributed by atoms with Crippen LogP contribution in [0, 0.1) is 51.2 Å². The maximum Gasteiger partial charge on any atom is 0.226 e. The van der Waals surface area contributed by atoms with E-state index in [0.29, 0.717) is 35.5 Å². The number of rotatable bonds is 5. The number of nitrogens with one attached hydrogen (secondary N) is 2. The minimum Gasteiger partial charge on any atom is -0.358 e. The molecule has 5 aliphatic rings. The first-order valence-corrected chi connectivity index (χ1v) is 19.3. The van der Waals surface area contributed by atoms with Gasteiger partial charge in [-0.3, -0.25) is 4.79 Å². The van der Waals surface area contributed by atoms with E-state index in [4.69, 9.17) is 0 Å². The molecule has 0 saturated heterocycles. The summed E-state index contributed by atoms with van der Waals surface area (Å²) in [6.07, 6.45) is 13.0. The summed E-state index contributed by atoms with van der Waals surface area (Å²) in [6, 6.07) is 6.79. The summed E-state index contributed by atoms with van der Waals surface area (Å²) in [7, 11) is 4.24. The number of amides is 1. The van der Waals surface area contributed by atoms with E-state index >= 15 is 0 Å². The molecule has 2 N–H and O–H groups in total. The van der Waals surface area contributed by atoms with Crippen LogP contribution in [0.2, 0.25) is 0 Å². The molecule has 1 amide bonds. The third-order valence-corrected chi connectivity index (χ3v) is 16.2. The molecule has 5 heteroatoms. The molecule has 9 atom stereocenters. The number of halogens is 1. The van der Waals surface area contributed by atoms with Crippen molar-refractivity contribution in [1.29, 1.82) is 0 Å². The summed E-state index contributed by atoms with van der Waals surface area (Å²) in [4.78, 5) is 20.5. The van der Waals surface area contributed by atoms with Crippen LogP contribution in [0.15, 0.2) is 34.3 Å². The molecule has 5 aliphatic carbocycles. The van der Waals surface area contributed by atoms with Crippen molar-refractivity contribution < 1.29 is 4.79 Å². The number of nitrogens with zero attached hydrogens (tertiary/aromatic N) is 1. The van der Waals surface area contributed by atoms with E-state index in [-0.39, 0.29) is 27.1 Å². The molecular formula is C41H60BrN3O. The Balaban J connectivity index is 1.28. The van der Waals surface area contributed by atoms with Crippen LogP contribution < -0.4 is 5.32 Å². The minimum absolute atomic E-state index is 0.0970. The Hall–Kier alpha value is -1.59. The number of carbonyl (C=O) groups excluding carboxylic acids is 1. The van der Waals surface area contributed by atoms with Gasteiger partial charge in [0.05, 0.1) is 5.41 Å². The second-order valence-electron chi connectivity index (χ2n) is 18.3. The van der Waals surface area contributed by atoms with E-state index < -0.39 is 0 Å². The fourth-order valence-corrected chi connectivity index (χ4v) is 13.3. The lowest BCUT2D eigenvalue weighted by atomic mass is 9.33. The third kappa shape index (κ3) is 4.41. The number of fused-ring (bicyclic) bond motifs is 10. The maximum atomic E-state index is 14.4. The quantitative estimate of drug-likeness (QED) is 0.243. The molecule has 3 fully saturated rings. The summed E-state index contributed by atoms with van der Waals surface area (Å²) in [5.74, 6) is 3.16. The van der Waals surface area contributed by atoms with Gasteiger partial charge in [-0.05, 0) is 148 Å². The first-order valence-electron chi connectivity index (χ1n) is 18.5. The third-order valence-electron chi connectivity index (χ3n) is 15.7. The van der Waals surface area contributed by atoms with Gasteiger partial charge in [0.15, 0.2) is 0 Å². The van der Waals surface area contributed by atoms with Gasteiger partial charge in [-0.25, -0.2) is 0 Å². The van der Waals surface area contributed by atoms with Gasteiger partial charge in [0.1, 0.15) is 0 Å². The molecule has 4 nitrogen and oxygen atoms in total. The van der Waals surface area contributed by atoms with E-state index in [9.17, 15) is 4.79 Å². The second kappa shape index (κ2) is 11.0. The van der Waals surface area contributed by atoms with Gasteiger partial charge in [-0.15, -0.1) is 0 Å². The van der Waals surface area contributed by atoms with Gasteiger partial charge in [-0.1, -0.05) is 76.0 Å². The Morgan fingerprint density at radius 3 is 2.52 bits per heavy atom. The van der Waals surface area contributed by atoms with Gasteiger partial charge in [0, 0.05) is 33.0 Å². The summed E-state index contributed by atoms with van der Waals surface area (Å²) in [5, 5.41) is 4.89. The fraction of sp³-hybridized carbons (Fsp3) is 0.732. The van der Waals surface area contributed by atoms with Crippen molar-refractivity contribution in [3.8, 4) is 0 Å². The highest BCUT2D eigenvalue weighted by Gasteiger charge is 2.69. The van der Waals surface area contributed by atoms with Crippen LogP contribution in [0.5, 0.6) is 0 Å². The zero-order chi connectivity index (χ0) is 33.0. The number of allylic oxidation sites excluding steroid dienone is 2. The summed E-state index contributed by atoms with van der Waals surface area (Å²) in [6.45, 7) is 19.8. The highest BCUT2D eigenvalue weighted by atomic mass is 79.9. The molecule has 2 aromatic rings. The van der Waals surface area contributed by atoms with Crippen molar-refractivity contribution >= 4 is 32.7 Å². The summed E-state index contributed by atoms with van der Waals surface area (Å²) < 4.78 is 1.17. The van der Waals surface area contributed by atoms with Crippen LogP contribution in [0.4, 0.5) is 0 Å². The number of hydrogen-bond donors (Lipinski definition) is 2. The molecule has 0 bridgehead atoms. The standard InChI is InChI=1S/C41H60BrN3O/c1-25-15-18-41(36(46)43-21-10-22-45(8)9)20-19-39(6)30(34(41)26(25)2)12-14-33-38(5)24-29-28-23-27(42)11-13-31(28)44-35(29)37(3,4)32(38)16-17-40(33,39)7/h11-13,23,25-26,32-34,44H,10,14-22,24H2,1-9H3,(H,43,46)/t25-,26+,32+,33-,34+,38+,39-,40-,41+/m1/s1. The van der Waals surface area contributed by atoms with Crippen molar-refractivity contribution in [3.63, 3.8) is 0 Å². The van der Waals surface area contributed by atoms with Crippen LogP contribution >= 0.6 is 15.9 Å². The first kappa shape index (κ1) is 32.9. The average Bonchev–Trinajstić information content (AvgIpc) is 3.35. The lowest BCUT2D eigenvalue weighted by Crippen LogP contribution is -2.65. The lowest BCUT2D eigenvalue weighted by Gasteiger charge is -2.71. The van der Waals surface area contributed by atoms with Crippen LogP contribution in [-0.4, -0.2) is 43.0 Å². The van der Waals surface area contributed by atoms with Gasteiger partial charge < -0.3 is 15.2 Å². The number of aromatic amines is 1. The second-order valence-corrected chi connectivity index (χ2v) is 19.2. The van der Waals surface area contributed by atoms with Gasteiger partial charge in [-0.2, -0.15) is 0 Å². The first-order chi connectivity index (χ1) is 21.6. The maximum absolute atomic E-state index is 14.4. The molecule has 1 heterocycles. The Kier molecular flexibility index (Phi) is 7.85. The van der Waals surface area contributed by atoms with E-state index in [1.54, 1.807) is 11.1 Å². The molecule has 0 radical (unpaired) electrons. The fourth-order valence-electron chi connectivity index (χ4n) is 13.0. The SMILES string of the molecule is C[C@H]1[C@H](C)CC[C@]2(C(=O)NCCCN(C)C)CC[C@]3(C)C(=CC[C@@H]4[C@@]5(C)Cc6c([nH]c7ccc(Br)cc67)C(C)(C)[C@@H]5CC[C@]43C)[C@H]12. The molecule has 46 heavy (non-hydrogen) atoms. The molecule has 0 spiro atoms. The normalized spacial score (nSPS) is 41.1. The van der Waals surface area contributed by atoms with Crippen LogP contribution in [0.1, 0.15) is 111 Å². The molecule has 7 rings (SSSR count). The molecule has 252 valence electrons. The van der Waals surface area contributed by atoms with Crippen molar-refractivity contribution in [3.05, 3.63) is 45.6 Å². The monoisotopic (exact) mass is 689 g/mol. The molecule has 3 saturated carbocycles. The topological polar surface area (TPSA) is 48.1 Å². The minimum atomic E-state index is -0.251. The van der Waals surface area contributed by atoms with E-state index in [1.807, 2.05) is 0 Å². The Labute approximate surface area is 287 Å². The van der Waals surface area contributed by atoms with E-state index in [1.165, 1.54) is 40.3 Å². The van der Waals surface area contributed by atoms with Crippen molar-refractivity contribution in [2.24, 2.45) is 51.2 Å². The average molecular weight is 691 g/mol. The number of aromatic nitrogens is 1.